The Morgan fingerprint density at radius 2 is 1.22 bits per heavy atom. The molecule has 0 amide bonds. The van der Waals surface area contributed by atoms with Crippen LogP contribution in [0.5, 0.6) is 0 Å². The van der Waals surface area contributed by atoms with Crippen LogP contribution in [0.25, 0.3) is 0 Å². The van der Waals surface area contributed by atoms with E-state index in [4.69, 9.17) is 13.3 Å². The van der Waals surface area contributed by atoms with Crippen LogP contribution in [0.15, 0.2) is 0 Å². The Balaban J connectivity index is 0. The van der Waals surface area contributed by atoms with Gasteiger partial charge in [-0.3, -0.25) is 0 Å². The van der Waals surface area contributed by atoms with Crippen molar-refractivity contribution < 1.29 is 17.8 Å². The maximum Gasteiger partial charge on any atom is 0.501 e. The first-order valence-electron chi connectivity index (χ1n) is 6.61. The summed E-state index contributed by atoms with van der Waals surface area (Å²) in [5, 5.41) is 0. The molecule has 4 nitrogen and oxygen atoms in total. The average molecular weight is 301 g/mol. The Labute approximate surface area is 120 Å². The van der Waals surface area contributed by atoms with Gasteiger partial charge in [0.2, 0.25) is 0 Å². The van der Waals surface area contributed by atoms with Crippen LogP contribution in [0.3, 0.4) is 0 Å². The molecule has 0 aliphatic heterocycles. The number of rotatable bonds is 10. The summed E-state index contributed by atoms with van der Waals surface area (Å²) in [6.45, 7) is 9.10. The van der Waals surface area contributed by atoms with Gasteiger partial charge in [-0.2, -0.15) is 0 Å². The molecule has 0 fully saturated rings. The van der Waals surface area contributed by atoms with E-state index in [0.717, 1.165) is 23.5 Å². The summed E-state index contributed by atoms with van der Waals surface area (Å²) >= 11 is 0. The van der Waals surface area contributed by atoms with Gasteiger partial charge in [-0.05, 0) is 20.8 Å². The SMILES string of the molecule is CCO[Si](CCC[N+](C)(C)C)(OCC)OCC.Cl. The second-order valence-corrected chi connectivity index (χ2v) is 7.83. The molecule has 0 atom stereocenters. The van der Waals surface area contributed by atoms with Gasteiger partial charge in [0, 0.05) is 32.3 Å². The highest BCUT2D eigenvalue weighted by Crippen LogP contribution is 2.18. The third-order valence-electron chi connectivity index (χ3n) is 2.40. The van der Waals surface area contributed by atoms with Gasteiger partial charge in [0.05, 0.1) is 27.7 Å². The van der Waals surface area contributed by atoms with Crippen molar-refractivity contribution in [1.29, 1.82) is 0 Å². The van der Waals surface area contributed by atoms with Crippen LogP contribution in [0.1, 0.15) is 27.2 Å². The zero-order valence-electron chi connectivity index (χ0n) is 12.8. The van der Waals surface area contributed by atoms with E-state index in [1.807, 2.05) is 20.8 Å². The molecule has 0 aliphatic rings. The lowest BCUT2D eigenvalue weighted by atomic mass is 10.4. The molecule has 0 spiro atoms. The van der Waals surface area contributed by atoms with Crippen molar-refractivity contribution in [3.63, 3.8) is 0 Å². The number of nitrogens with zero attached hydrogens (tertiary/aromatic N) is 1. The minimum absolute atomic E-state index is 0. The van der Waals surface area contributed by atoms with E-state index in [1.165, 1.54) is 0 Å². The molecule has 0 aromatic carbocycles. The topological polar surface area (TPSA) is 27.7 Å². The predicted molar refractivity (Wildman–Crippen MR) is 80.2 cm³/mol. The van der Waals surface area contributed by atoms with Gasteiger partial charge < -0.3 is 17.8 Å². The van der Waals surface area contributed by atoms with Crippen LogP contribution in [0.2, 0.25) is 6.04 Å². The lowest BCUT2D eigenvalue weighted by molar-refractivity contribution is -0.870. The fourth-order valence-corrected chi connectivity index (χ4v) is 4.36. The second kappa shape index (κ2) is 10.2. The van der Waals surface area contributed by atoms with E-state index < -0.39 is 8.80 Å². The van der Waals surface area contributed by atoms with Crippen molar-refractivity contribution in [3.05, 3.63) is 0 Å². The van der Waals surface area contributed by atoms with Gasteiger partial charge in [0.25, 0.3) is 0 Å². The van der Waals surface area contributed by atoms with Crippen molar-refractivity contribution in [2.24, 2.45) is 0 Å². The Hall–Kier alpha value is 0.347. The molecule has 0 saturated carbocycles. The van der Waals surface area contributed by atoms with Gasteiger partial charge in [0.15, 0.2) is 0 Å². The molecule has 0 rings (SSSR count). The second-order valence-electron chi connectivity index (χ2n) is 5.10. The largest absolute Gasteiger partial charge is 0.501 e. The first kappa shape index (κ1) is 20.7. The normalized spacial score (nSPS) is 12.3. The van der Waals surface area contributed by atoms with Crippen LogP contribution in [-0.2, 0) is 13.3 Å². The average Bonchev–Trinajstić information content (AvgIpc) is 2.16. The van der Waals surface area contributed by atoms with Crippen LogP contribution >= 0.6 is 12.4 Å². The van der Waals surface area contributed by atoms with E-state index in [9.17, 15) is 0 Å². The maximum absolute atomic E-state index is 5.81. The van der Waals surface area contributed by atoms with Crippen LogP contribution < -0.4 is 0 Å². The summed E-state index contributed by atoms with van der Waals surface area (Å²) in [5.74, 6) is 0. The van der Waals surface area contributed by atoms with E-state index in [1.54, 1.807) is 0 Å². The summed E-state index contributed by atoms with van der Waals surface area (Å²) in [6, 6.07) is 0.915. The third-order valence-corrected chi connectivity index (χ3v) is 5.56. The number of hydrogen-bond acceptors (Lipinski definition) is 3. The molecule has 0 unspecified atom stereocenters. The Kier molecular flexibility index (Phi) is 11.7. The van der Waals surface area contributed by atoms with Crippen molar-refractivity contribution in [2.75, 3.05) is 47.5 Å². The Bertz CT molecular complexity index is 183. The molecular weight excluding hydrogens is 270 g/mol. The monoisotopic (exact) mass is 300 g/mol. The molecule has 0 N–H and O–H groups in total. The molecule has 0 bridgehead atoms. The molecular formula is C12H31ClNO3Si+. The van der Waals surface area contributed by atoms with Crippen molar-refractivity contribution >= 4 is 21.2 Å². The molecule has 0 aromatic rings. The van der Waals surface area contributed by atoms with Gasteiger partial charge in [0.1, 0.15) is 0 Å². The summed E-state index contributed by atoms with van der Waals surface area (Å²) in [4.78, 5) is 0. The minimum atomic E-state index is -2.41. The fourth-order valence-electron chi connectivity index (χ4n) is 1.77. The highest BCUT2D eigenvalue weighted by molar-refractivity contribution is 6.60. The molecule has 0 heterocycles. The van der Waals surface area contributed by atoms with Crippen LogP contribution in [0, 0.1) is 0 Å². The molecule has 112 valence electrons. The quantitative estimate of drug-likeness (QED) is 0.458. The molecule has 0 radical (unpaired) electrons. The molecule has 18 heavy (non-hydrogen) atoms. The highest BCUT2D eigenvalue weighted by atomic mass is 35.5. The number of quaternary nitrogens is 1. The predicted octanol–water partition coefficient (Wildman–Crippen LogP) is 2.55. The zero-order chi connectivity index (χ0) is 13.4. The Morgan fingerprint density at radius 1 is 0.833 bits per heavy atom. The Morgan fingerprint density at radius 3 is 1.50 bits per heavy atom. The molecule has 0 saturated heterocycles. The molecule has 0 aliphatic carbocycles. The van der Waals surface area contributed by atoms with Crippen molar-refractivity contribution in [1.82, 2.24) is 0 Å². The standard InChI is InChI=1S/C12H30NO3Si.ClH/c1-7-14-17(15-8-2,16-9-3)12-10-11-13(4,5)6;/h7-12H2,1-6H3;1H/q+1;. The van der Waals surface area contributed by atoms with Gasteiger partial charge >= 0.3 is 8.80 Å². The highest BCUT2D eigenvalue weighted by Gasteiger charge is 2.40. The summed E-state index contributed by atoms with van der Waals surface area (Å²) in [7, 11) is 4.19. The van der Waals surface area contributed by atoms with E-state index in [2.05, 4.69) is 21.1 Å². The van der Waals surface area contributed by atoms with Crippen molar-refractivity contribution in [3.8, 4) is 0 Å². The summed E-state index contributed by atoms with van der Waals surface area (Å²) < 4.78 is 18.4. The van der Waals surface area contributed by atoms with Crippen LogP contribution in [-0.4, -0.2) is 60.8 Å². The smallest absolute Gasteiger partial charge is 0.374 e. The zero-order valence-corrected chi connectivity index (χ0v) is 14.6. The lowest BCUT2D eigenvalue weighted by Crippen LogP contribution is -2.47. The van der Waals surface area contributed by atoms with Gasteiger partial charge in [-0.15, -0.1) is 12.4 Å². The third kappa shape index (κ3) is 9.30. The lowest BCUT2D eigenvalue weighted by Gasteiger charge is -2.30. The first-order chi connectivity index (χ1) is 7.89. The molecule has 6 heteroatoms. The number of halogens is 1. The van der Waals surface area contributed by atoms with Gasteiger partial charge in [-0.25, -0.2) is 0 Å². The number of hydrogen-bond donors (Lipinski definition) is 0. The maximum atomic E-state index is 5.81. The molecule has 0 aromatic heterocycles. The van der Waals surface area contributed by atoms with Crippen LogP contribution in [0.4, 0.5) is 0 Å². The summed E-state index contributed by atoms with van der Waals surface area (Å²) in [6.07, 6.45) is 1.08. The van der Waals surface area contributed by atoms with E-state index in [-0.39, 0.29) is 12.4 Å². The van der Waals surface area contributed by atoms with Gasteiger partial charge in [-0.1, -0.05) is 0 Å². The first-order valence-corrected chi connectivity index (χ1v) is 8.54. The van der Waals surface area contributed by atoms with Crippen molar-refractivity contribution in [2.45, 2.75) is 33.2 Å². The minimum Gasteiger partial charge on any atom is -0.374 e. The van der Waals surface area contributed by atoms with E-state index in [0.29, 0.717) is 19.8 Å². The van der Waals surface area contributed by atoms with E-state index >= 15 is 0 Å². The fraction of sp³-hybridized carbons (Fsp3) is 1.00. The summed E-state index contributed by atoms with van der Waals surface area (Å²) in [5.41, 5.74) is 0.